The number of hydrogen-bond acceptors (Lipinski definition) is 6. The third-order valence-electron chi connectivity index (χ3n) is 5.80. The van der Waals surface area contributed by atoms with Crippen LogP contribution < -0.4 is 0 Å². The summed E-state index contributed by atoms with van der Waals surface area (Å²) in [5.41, 5.74) is 2.88. The highest BCUT2D eigenvalue weighted by Gasteiger charge is 2.72. The molecule has 0 radical (unpaired) electrons. The zero-order chi connectivity index (χ0) is 21.5. The average Bonchev–Trinajstić information content (AvgIpc) is 3.17. The van der Waals surface area contributed by atoms with Crippen LogP contribution in [0.4, 0.5) is 0 Å². The van der Waals surface area contributed by atoms with Crippen LogP contribution in [0.5, 0.6) is 0 Å². The van der Waals surface area contributed by atoms with Gasteiger partial charge in [-0.05, 0) is 29.4 Å². The molecule has 0 amide bonds. The van der Waals surface area contributed by atoms with Crippen LogP contribution in [0.25, 0.3) is 0 Å². The van der Waals surface area contributed by atoms with E-state index in [2.05, 4.69) is 5.73 Å². The van der Waals surface area contributed by atoms with E-state index in [0.29, 0.717) is 11.1 Å². The van der Waals surface area contributed by atoms with Crippen LogP contribution in [0.1, 0.15) is 11.1 Å². The Morgan fingerprint density at radius 3 is 2.52 bits per heavy atom. The van der Waals surface area contributed by atoms with E-state index in [4.69, 9.17) is 18.9 Å². The standard InChI is InChI=1S/C25H20O6/c1-28-25-20-15-9-8-14-19(20)21(26)22(30-25)24(31-25,18-12-6-3-7-13-18)23(27)29-16-17-10-4-2-5-11-17/h2-7,9-15,19,22H,16H2,1H3/t19?,22-,24+,25+/m1/s1. The number of benzene rings is 2. The molecule has 2 fully saturated rings. The lowest BCUT2D eigenvalue weighted by atomic mass is 9.79. The van der Waals surface area contributed by atoms with Gasteiger partial charge in [-0.2, -0.15) is 0 Å². The van der Waals surface area contributed by atoms with E-state index in [1.165, 1.54) is 7.11 Å². The first-order chi connectivity index (χ1) is 15.1. The van der Waals surface area contributed by atoms with Gasteiger partial charge in [-0.25, -0.2) is 4.79 Å². The molecule has 4 atom stereocenters. The lowest BCUT2D eigenvalue weighted by Gasteiger charge is -2.35. The minimum atomic E-state index is -1.81. The Bertz CT molecular complexity index is 1120. The van der Waals surface area contributed by atoms with Gasteiger partial charge in [0.15, 0.2) is 11.9 Å². The van der Waals surface area contributed by atoms with E-state index >= 15 is 0 Å². The van der Waals surface area contributed by atoms with Gasteiger partial charge in [-0.15, -0.1) is 5.73 Å². The van der Waals surface area contributed by atoms with Crippen LogP contribution >= 0.6 is 0 Å². The van der Waals surface area contributed by atoms with Crippen molar-refractivity contribution >= 4 is 11.8 Å². The third kappa shape index (κ3) is 2.92. The molecule has 2 bridgehead atoms. The summed E-state index contributed by atoms with van der Waals surface area (Å²) in [4.78, 5) is 27.1. The molecule has 2 aromatic carbocycles. The van der Waals surface area contributed by atoms with Crippen molar-refractivity contribution in [3.8, 4) is 0 Å². The summed E-state index contributed by atoms with van der Waals surface area (Å²) in [6, 6.07) is 18.1. The third-order valence-corrected chi connectivity index (χ3v) is 5.80. The average molecular weight is 416 g/mol. The van der Waals surface area contributed by atoms with Gasteiger partial charge >= 0.3 is 11.9 Å². The van der Waals surface area contributed by atoms with Gasteiger partial charge in [-0.3, -0.25) is 9.53 Å². The summed E-state index contributed by atoms with van der Waals surface area (Å²) in [6.45, 7) is 0.0338. The predicted molar refractivity (Wildman–Crippen MR) is 109 cm³/mol. The smallest absolute Gasteiger partial charge is 0.346 e. The fourth-order valence-corrected chi connectivity index (χ4v) is 4.29. The Morgan fingerprint density at radius 1 is 1.10 bits per heavy atom. The number of carbonyl (C=O) groups excluding carboxylic acids is 2. The molecule has 6 nitrogen and oxygen atoms in total. The van der Waals surface area contributed by atoms with Crippen molar-refractivity contribution < 1.29 is 28.5 Å². The number of ketones is 1. The Morgan fingerprint density at radius 2 is 1.81 bits per heavy atom. The largest absolute Gasteiger partial charge is 0.458 e. The maximum atomic E-state index is 13.6. The molecule has 156 valence electrons. The molecule has 2 aliphatic heterocycles. The lowest BCUT2D eigenvalue weighted by molar-refractivity contribution is -0.318. The fourth-order valence-electron chi connectivity index (χ4n) is 4.29. The van der Waals surface area contributed by atoms with Crippen molar-refractivity contribution in [3.63, 3.8) is 0 Å². The van der Waals surface area contributed by atoms with Crippen LogP contribution in [0.15, 0.2) is 90.2 Å². The normalized spacial score (nSPS) is 30.6. The first-order valence-corrected chi connectivity index (χ1v) is 9.97. The van der Waals surface area contributed by atoms with Crippen LogP contribution in [0, 0.1) is 5.92 Å². The van der Waals surface area contributed by atoms with Crippen LogP contribution in [-0.2, 0) is 40.7 Å². The molecule has 1 aliphatic carbocycles. The van der Waals surface area contributed by atoms with Gasteiger partial charge in [0.2, 0.25) is 5.60 Å². The van der Waals surface area contributed by atoms with Crippen LogP contribution in [-0.4, -0.2) is 30.9 Å². The van der Waals surface area contributed by atoms with Crippen molar-refractivity contribution in [3.05, 3.63) is 101 Å². The molecular weight excluding hydrogens is 396 g/mol. The summed E-state index contributed by atoms with van der Waals surface area (Å²) in [5.74, 6) is -3.36. The summed E-state index contributed by atoms with van der Waals surface area (Å²) in [7, 11) is 1.42. The summed E-state index contributed by atoms with van der Waals surface area (Å²) in [6.07, 6.45) is 3.74. The van der Waals surface area contributed by atoms with E-state index in [-0.39, 0.29) is 12.4 Å². The molecule has 2 aromatic rings. The van der Waals surface area contributed by atoms with E-state index < -0.39 is 29.6 Å². The maximum Gasteiger partial charge on any atom is 0.346 e. The zero-order valence-electron chi connectivity index (χ0n) is 16.8. The number of allylic oxidation sites excluding steroid dienone is 2. The fraction of sp³-hybridized carbons (Fsp3) is 0.240. The Labute approximate surface area is 179 Å². The lowest BCUT2D eigenvalue weighted by Crippen LogP contribution is -2.51. The second kappa shape index (κ2) is 7.45. The molecule has 1 unspecified atom stereocenters. The first-order valence-electron chi connectivity index (χ1n) is 9.97. The number of Topliss-reactive ketones (excluding diaryl/α,β-unsaturated/α-hetero) is 1. The van der Waals surface area contributed by atoms with Crippen molar-refractivity contribution in [2.75, 3.05) is 7.11 Å². The van der Waals surface area contributed by atoms with E-state index in [0.717, 1.165) is 5.56 Å². The summed E-state index contributed by atoms with van der Waals surface area (Å²) < 4.78 is 23.6. The molecule has 31 heavy (non-hydrogen) atoms. The minimum absolute atomic E-state index is 0.0338. The van der Waals surface area contributed by atoms with Gasteiger partial charge in [0.05, 0.1) is 5.92 Å². The number of ether oxygens (including phenoxy) is 4. The molecule has 5 rings (SSSR count). The number of esters is 1. The SMILES string of the molecule is CO[C@]12O[C@H](C(=O)C3C=C=CC=C31)[C@](C(=O)OCc1ccccc1)(c1ccccc1)O2. The molecule has 2 heterocycles. The Balaban J connectivity index is 1.60. The monoisotopic (exact) mass is 416 g/mol. The second-order valence-corrected chi connectivity index (χ2v) is 7.53. The zero-order valence-corrected chi connectivity index (χ0v) is 16.8. The topological polar surface area (TPSA) is 71.1 Å². The minimum Gasteiger partial charge on any atom is -0.458 e. The van der Waals surface area contributed by atoms with Crippen molar-refractivity contribution in [1.29, 1.82) is 0 Å². The highest BCUT2D eigenvalue weighted by atomic mass is 16.9. The summed E-state index contributed by atoms with van der Waals surface area (Å²) >= 11 is 0. The number of carbonyl (C=O) groups is 2. The molecule has 6 heteroatoms. The van der Waals surface area contributed by atoms with Gasteiger partial charge < -0.3 is 14.2 Å². The molecule has 0 spiro atoms. The van der Waals surface area contributed by atoms with Crippen molar-refractivity contribution in [2.45, 2.75) is 24.3 Å². The highest BCUT2D eigenvalue weighted by molar-refractivity contribution is 5.99. The number of fused-ring (bicyclic) bond motifs is 4. The first kappa shape index (κ1) is 19.7. The maximum absolute atomic E-state index is 13.6. The molecule has 0 N–H and O–H groups in total. The summed E-state index contributed by atoms with van der Waals surface area (Å²) in [5, 5.41) is 0. The van der Waals surface area contributed by atoms with E-state index in [9.17, 15) is 9.59 Å². The van der Waals surface area contributed by atoms with Gasteiger partial charge in [0.1, 0.15) is 6.61 Å². The van der Waals surface area contributed by atoms with E-state index in [1.807, 2.05) is 36.4 Å². The number of methoxy groups -OCH3 is 1. The Kier molecular flexibility index (Phi) is 4.73. The molecule has 3 aliphatic rings. The Hall–Kier alpha value is -3.28. The van der Waals surface area contributed by atoms with Gasteiger partial charge in [0.25, 0.3) is 0 Å². The molecule has 0 saturated carbocycles. The highest BCUT2D eigenvalue weighted by Crippen LogP contribution is 2.54. The van der Waals surface area contributed by atoms with Crippen LogP contribution in [0.2, 0.25) is 0 Å². The molecule has 0 aromatic heterocycles. The number of hydrogen-bond donors (Lipinski definition) is 0. The van der Waals surface area contributed by atoms with Gasteiger partial charge in [0, 0.05) is 12.7 Å². The van der Waals surface area contributed by atoms with Crippen molar-refractivity contribution in [2.24, 2.45) is 5.92 Å². The van der Waals surface area contributed by atoms with Crippen molar-refractivity contribution in [1.82, 2.24) is 0 Å². The molecular formula is C25H20O6. The second-order valence-electron chi connectivity index (χ2n) is 7.53. The van der Waals surface area contributed by atoms with Crippen LogP contribution in [0.3, 0.4) is 0 Å². The predicted octanol–water partition coefficient (Wildman–Crippen LogP) is 3.19. The van der Waals surface area contributed by atoms with Gasteiger partial charge in [-0.1, -0.05) is 60.7 Å². The quantitative estimate of drug-likeness (QED) is 0.551. The molecule has 2 saturated heterocycles. The number of rotatable bonds is 5. The van der Waals surface area contributed by atoms with E-state index in [1.54, 1.807) is 42.5 Å².